The number of halogens is 2. The van der Waals surface area contributed by atoms with E-state index in [0.717, 1.165) is 0 Å². The molecule has 0 fully saturated rings. The second kappa shape index (κ2) is 9.29. The van der Waals surface area contributed by atoms with Gasteiger partial charge in [-0.3, -0.25) is 14.5 Å². The van der Waals surface area contributed by atoms with Crippen LogP contribution in [0.1, 0.15) is 18.8 Å². The number of nitrogens with zero attached hydrogens (tertiary/aromatic N) is 4. The number of benzene rings is 2. The first-order chi connectivity index (χ1) is 15.3. The summed E-state index contributed by atoms with van der Waals surface area (Å²) in [6, 6.07) is 11.3. The van der Waals surface area contributed by atoms with Crippen molar-refractivity contribution in [2.75, 3.05) is 22.6 Å². The minimum Gasteiger partial charge on any atom is -0.482 e. The number of rotatable bonds is 6. The fraction of sp³-hybridized carbons (Fsp3) is 0.238. The van der Waals surface area contributed by atoms with Gasteiger partial charge in [0, 0.05) is 11.5 Å². The Balaban J connectivity index is 1.45. The molecule has 1 aliphatic rings. The Morgan fingerprint density at radius 2 is 2.09 bits per heavy atom. The molecule has 2 heterocycles. The molecule has 0 saturated heterocycles. The molecule has 0 saturated carbocycles. The highest BCUT2D eigenvalue weighted by atomic mass is 79.9. The van der Waals surface area contributed by atoms with Crippen molar-refractivity contribution in [3.63, 3.8) is 0 Å². The maximum absolute atomic E-state index is 13.9. The molecule has 1 aromatic heterocycles. The summed E-state index contributed by atoms with van der Waals surface area (Å²) in [5.41, 5.74) is 0.778. The number of thioether (sulfide) groups is 1. The van der Waals surface area contributed by atoms with Gasteiger partial charge in [-0.2, -0.15) is 0 Å². The minimum atomic E-state index is -0.525. The first kappa shape index (κ1) is 22.3. The zero-order valence-corrected chi connectivity index (χ0v) is 19.6. The number of fused-ring (bicyclic) bond motifs is 1. The number of amides is 2. The van der Waals surface area contributed by atoms with Gasteiger partial charge in [0.2, 0.25) is 5.91 Å². The number of anilines is 2. The van der Waals surface area contributed by atoms with Gasteiger partial charge in [-0.1, -0.05) is 39.8 Å². The molecule has 8 nitrogen and oxygen atoms in total. The van der Waals surface area contributed by atoms with Crippen molar-refractivity contribution in [1.29, 1.82) is 0 Å². The van der Waals surface area contributed by atoms with Crippen LogP contribution in [0.3, 0.4) is 0 Å². The maximum Gasteiger partial charge on any atom is 0.265 e. The Hall–Kier alpha value is -2.92. The van der Waals surface area contributed by atoms with Gasteiger partial charge in [0.05, 0.1) is 23.2 Å². The minimum absolute atomic E-state index is 0.0230. The second-order valence-electron chi connectivity index (χ2n) is 7.06. The van der Waals surface area contributed by atoms with E-state index in [-0.39, 0.29) is 29.9 Å². The third-order valence-corrected chi connectivity index (χ3v) is 6.43. The van der Waals surface area contributed by atoms with Crippen LogP contribution in [0.4, 0.5) is 15.8 Å². The summed E-state index contributed by atoms with van der Waals surface area (Å²) in [7, 11) is 1.78. The highest BCUT2D eigenvalue weighted by Gasteiger charge is 2.32. The SMILES string of the molecule is C[C@H](c1nnc(SCC(=O)Nc2ccc(Br)cc2F)n1C)N1C(=O)COc2ccccc21. The van der Waals surface area contributed by atoms with Crippen LogP contribution >= 0.6 is 27.7 Å². The van der Waals surface area contributed by atoms with Crippen molar-refractivity contribution >= 4 is 50.9 Å². The lowest BCUT2D eigenvalue weighted by Gasteiger charge is -2.33. The summed E-state index contributed by atoms with van der Waals surface area (Å²) >= 11 is 4.35. The zero-order chi connectivity index (χ0) is 22.8. The number of para-hydroxylation sites is 2. The summed E-state index contributed by atoms with van der Waals surface area (Å²) in [5.74, 6) is 0.151. The predicted molar refractivity (Wildman–Crippen MR) is 122 cm³/mol. The Kier molecular flexibility index (Phi) is 6.47. The number of carbonyl (C=O) groups is 2. The van der Waals surface area contributed by atoms with E-state index in [4.69, 9.17) is 4.74 Å². The molecule has 2 amide bonds. The third-order valence-electron chi connectivity index (χ3n) is 4.91. The summed E-state index contributed by atoms with van der Waals surface area (Å²) in [5, 5.41) is 11.5. The second-order valence-corrected chi connectivity index (χ2v) is 8.92. The summed E-state index contributed by atoms with van der Waals surface area (Å²) in [6.07, 6.45) is 0. The topological polar surface area (TPSA) is 89.4 Å². The Morgan fingerprint density at radius 3 is 2.88 bits per heavy atom. The van der Waals surface area contributed by atoms with Crippen LogP contribution in [0.15, 0.2) is 52.1 Å². The van der Waals surface area contributed by atoms with E-state index in [1.807, 2.05) is 31.2 Å². The molecule has 1 aliphatic heterocycles. The van der Waals surface area contributed by atoms with Gasteiger partial charge in [0.25, 0.3) is 5.91 Å². The molecular weight excluding hydrogens is 501 g/mol. The van der Waals surface area contributed by atoms with Crippen molar-refractivity contribution in [3.05, 3.63) is 58.6 Å². The van der Waals surface area contributed by atoms with Crippen molar-refractivity contribution < 1.29 is 18.7 Å². The van der Waals surface area contributed by atoms with Gasteiger partial charge >= 0.3 is 0 Å². The number of carbonyl (C=O) groups excluding carboxylic acids is 2. The smallest absolute Gasteiger partial charge is 0.265 e. The van der Waals surface area contributed by atoms with Gasteiger partial charge in [-0.25, -0.2) is 4.39 Å². The van der Waals surface area contributed by atoms with E-state index >= 15 is 0 Å². The van der Waals surface area contributed by atoms with Crippen molar-refractivity contribution in [1.82, 2.24) is 14.8 Å². The Labute approximate surface area is 196 Å². The van der Waals surface area contributed by atoms with Crippen LogP contribution in [0, 0.1) is 5.82 Å². The Morgan fingerprint density at radius 1 is 1.31 bits per heavy atom. The molecule has 166 valence electrons. The Bertz CT molecular complexity index is 1190. The molecule has 0 radical (unpaired) electrons. The lowest BCUT2D eigenvalue weighted by Crippen LogP contribution is -2.41. The highest BCUT2D eigenvalue weighted by molar-refractivity contribution is 9.10. The zero-order valence-electron chi connectivity index (χ0n) is 17.2. The molecular formula is C21H19BrFN5O3S. The maximum atomic E-state index is 13.9. The largest absolute Gasteiger partial charge is 0.482 e. The molecule has 0 spiro atoms. The number of nitrogens with one attached hydrogen (secondary N) is 1. The van der Waals surface area contributed by atoms with Gasteiger partial charge in [0.1, 0.15) is 11.6 Å². The molecule has 1 atom stereocenters. The van der Waals surface area contributed by atoms with Gasteiger partial charge in [-0.05, 0) is 37.3 Å². The van der Waals surface area contributed by atoms with E-state index in [0.29, 0.717) is 26.9 Å². The van der Waals surface area contributed by atoms with Crippen LogP contribution < -0.4 is 15.0 Å². The van der Waals surface area contributed by atoms with Crippen LogP contribution in [-0.2, 0) is 16.6 Å². The summed E-state index contributed by atoms with van der Waals surface area (Å²) in [6.45, 7) is 1.81. The molecule has 0 bridgehead atoms. The van der Waals surface area contributed by atoms with Gasteiger partial charge in [0.15, 0.2) is 17.6 Å². The highest BCUT2D eigenvalue weighted by Crippen LogP contribution is 2.37. The van der Waals surface area contributed by atoms with Crippen molar-refractivity contribution in [2.24, 2.45) is 7.05 Å². The van der Waals surface area contributed by atoms with Crippen molar-refractivity contribution in [2.45, 2.75) is 18.1 Å². The molecule has 2 aromatic carbocycles. The fourth-order valence-electron chi connectivity index (χ4n) is 3.38. The monoisotopic (exact) mass is 519 g/mol. The average Bonchev–Trinajstić information content (AvgIpc) is 3.14. The molecule has 0 aliphatic carbocycles. The fourth-order valence-corrected chi connectivity index (χ4v) is 4.44. The van der Waals surface area contributed by atoms with Crippen LogP contribution in [-0.4, -0.2) is 38.9 Å². The van der Waals surface area contributed by atoms with E-state index < -0.39 is 11.9 Å². The molecule has 3 aromatic rings. The van der Waals surface area contributed by atoms with E-state index in [2.05, 4.69) is 31.4 Å². The number of hydrogen-bond donors (Lipinski definition) is 1. The first-order valence-corrected chi connectivity index (χ1v) is 11.4. The van der Waals surface area contributed by atoms with Crippen LogP contribution in [0.25, 0.3) is 0 Å². The van der Waals surface area contributed by atoms with Crippen LogP contribution in [0.5, 0.6) is 5.75 Å². The summed E-state index contributed by atoms with van der Waals surface area (Å²) in [4.78, 5) is 26.5. The van der Waals surface area contributed by atoms with E-state index in [1.165, 1.54) is 23.9 Å². The molecule has 32 heavy (non-hydrogen) atoms. The molecule has 1 N–H and O–H groups in total. The predicted octanol–water partition coefficient (Wildman–Crippen LogP) is 3.93. The average molecular weight is 520 g/mol. The number of ether oxygens (including phenoxy) is 1. The summed E-state index contributed by atoms with van der Waals surface area (Å²) < 4.78 is 21.8. The number of aromatic nitrogens is 3. The van der Waals surface area contributed by atoms with Crippen molar-refractivity contribution in [3.8, 4) is 5.75 Å². The normalized spacial score (nSPS) is 14.0. The molecule has 0 unspecified atom stereocenters. The third kappa shape index (κ3) is 4.49. The number of hydrogen-bond acceptors (Lipinski definition) is 6. The standard InChI is InChI=1S/C21H19BrFN5O3S/c1-12(28-16-5-3-4-6-17(16)31-10-19(28)30)20-25-26-21(27(20)2)32-11-18(29)24-15-8-7-13(22)9-14(15)23/h3-9,12H,10-11H2,1-2H3,(H,24,29)/t12-/m1/s1. The van der Waals surface area contributed by atoms with E-state index in [9.17, 15) is 14.0 Å². The molecule has 4 rings (SSSR count). The van der Waals surface area contributed by atoms with E-state index in [1.54, 1.807) is 22.6 Å². The van der Waals surface area contributed by atoms with Crippen LogP contribution in [0.2, 0.25) is 0 Å². The first-order valence-electron chi connectivity index (χ1n) is 9.66. The van der Waals surface area contributed by atoms with Gasteiger partial charge in [-0.15, -0.1) is 10.2 Å². The lowest BCUT2D eigenvalue weighted by atomic mass is 10.1. The molecule has 11 heteroatoms. The lowest BCUT2D eigenvalue weighted by molar-refractivity contribution is -0.121. The van der Waals surface area contributed by atoms with Gasteiger partial charge < -0.3 is 14.6 Å². The quantitative estimate of drug-likeness (QED) is 0.496.